The van der Waals surface area contributed by atoms with E-state index in [0.29, 0.717) is 29.1 Å². The molecule has 2 aromatic carbocycles. The minimum atomic E-state index is -0.690. The molecule has 1 aliphatic rings. The number of carbonyl (C=O) groups excluding carboxylic acids is 3. The van der Waals surface area contributed by atoms with E-state index in [2.05, 4.69) is 43.6 Å². The highest BCUT2D eigenvalue weighted by molar-refractivity contribution is 6.01. The molecule has 0 spiro atoms. The quantitative estimate of drug-likeness (QED) is 0.218. The highest BCUT2D eigenvalue weighted by Crippen LogP contribution is 2.34. The number of methoxy groups -OCH3 is 1. The summed E-state index contributed by atoms with van der Waals surface area (Å²) >= 11 is 0. The molecule has 9 heteroatoms. The maximum atomic E-state index is 13.1. The molecule has 9 nitrogen and oxygen atoms in total. The van der Waals surface area contributed by atoms with E-state index in [1.165, 1.54) is 7.11 Å². The number of hydrogen-bond acceptors (Lipinski definition) is 5. The van der Waals surface area contributed by atoms with E-state index in [9.17, 15) is 14.4 Å². The van der Waals surface area contributed by atoms with Crippen molar-refractivity contribution < 1.29 is 23.9 Å². The van der Waals surface area contributed by atoms with E-state index in [-0.39, 0.29) is 37.1 Å². The van der Waals surface area contributed by atoms with Crippen molar-refractivity contribution in [2.75, 3.05) is 37.5 Å². The molecule has 3 rings (SSSR count). The van der Waals surface area contributed by atoms with Gasteiger partial charge in [0.25, 0.3) is 0 Å². The summed E-state index contributed by atoms with van der Waals surface area (Å²) in [7, 11) is 1.53. The van der Waals surface area contributed by atoms with Crippen LogP contribution in [-0.2, 0) is 14.3 Å². The number of para-hydroxylation sites is 1. The van der Waals surface area contributed by atoms with Gasteiger partial charge in [0.2, 0.25) is 0 Å². The fraction of sp³-hybridized carbons (Fsp3) is 0.452. The van der Waals surface area contributed by atoms with Gasteiger partial charge in [-0.15, -0.1) is 0 Å². The Morgan fingerprint density at radius 2 is 1.60 bits per heavy atom. The third-order valence-corrected chi connectivity index (χ3v) is 6.90. The van der Waals surface area contributed by atoms with Crippen LogP contribution >= 0.6 is 0 Å². The van der Waals surface area contributed by atoms with Crippen LogP contribution in [0.1, 0.15) is 82.5 Å². The largest absolute Gasteiger partial charge is 0.460 e. The van der Waals surface area contributed by atoms with Crippen molar-refractivity contribution in [1.29, 1.82) is 0 Å². The predicted molar refractivity (Wildman–Crippen MR) is 158 cm³/mol. The lowest BCUT2D eigenvalue weighted by molar-refractivity contribution is -0.140. The molecule has 0 fully saturated rings. The fourth-order valence-corrected chi connectivity index (χ4v) is 4.81. The van der Waals surface area contributed by atoms with Crippen molar-refractivity contribution in [3.63, 3.8) is 0 Å². The smallest absolute Gasteiger partial charge is 0.338 e. The van der Waals surface area contributed by atoms with Gasteiger partial charge in [-0.1, -0.05) is 65.0 Å². The molecule has 0 saturated carbocycles. The second kappa shape index (κ2) is 14.0. The molecule has 3 N–H and O–H groups in total. The Morgan fingerprint density at radius 1 is 0.975 bits per heavy atom. The first-order valence-corrected chi connectivity index (χ1v) is 13.8. The SMILES string of the molecule is CCCN1C(=O)NC(c2ccc(NC(=O)Nc3c(C(C)C)cccc3C(C)C)cc2)C(C(=O)OCCOC)=C1C. The van der Waals surface area contributed by atoms with E-state index in [1.54, 1.807) is 36.1 Å². The first kappa shape index (κ1) is 30.7. The molecule has 40 heavy (non-hydrogen) atoms. The predicted octanol–water partition coefficient (Wildman–Crippen LogP) is 6.52. The molecule has 0 aromatic heterocycles. The molecule has 2 aromatic rings. The highest BCUT2D eigenvalue weighted by Gasteiger charge is 2.36. The number of hydrogen-bond donors (Lipinski definition) is 3. The molecule has 216 valence electrons. The molecular formula is C31H42N4O5. The van der Waals surface area contributed by atoms with Crippen LogP contribution in [-0.4, -0.2) is 49.8 Å². The lowest BCUT2D eigenvalue weighted by Crippen LogP contribution is -2.48. The maximum Gasteiger partial charge on any atom is 0.338 e. The van der Waals surface area contributed by atoms with Crippen LogP contribution in [0.25, 0.3) is 0 Å². The summed E-state index contributed by atoms with van der Waals surface area (Å²) in [5.74, 6) is -0.00901. The van der Waals surface area contributed by atoms with Crippen LogP contribution in [0.2, 0.25) is 0 Å². The minimum absolute atomic E-state index is 0.108. The average molecular weight is 551 g/mol. The van der Waals surface area contributed by atoms with Crippen molar-refractivity contribution in [2.45, 2.75) is 65.8 Å². The molecule has 0 radical (unpaired) electrons. The summed E-state index contributed by atoms with van der Waals surface area (Å²) in [6.07, 6.45) is 0.740. The van der Waals surface area contributed by atoms with Gasteiger partial charge >= 0.3 is 18.0 Å². The van der Waals surface area contributed by atoms with Gasteiger partial charge in [0.05, 0.1) is 18.2 Å². The number of nitrogens with zero attached hydrogens (tertiary/aromatic N) is 1. The van der Waals surface area contributed by atoms with Gasteiger partial charge in [-0.3, -0.25) is 4.90 Å². The van der Waals surface area contributed by atoms with Gasteiger partial charge in [-0.25, -0.2) is 14.4 Å². The van der Waals surface area contributed by atoms with Gasteiger partial charge in [0.15, 0.2) is 0 Å². The number of carbonyl (C=O) groups is 3. The maximum absolute atomic E-state index is 13.1. The lowest BCUT2D eigenvalue weighted by atomic mass is 9.93. The Balaban J connectivity index is 1.83. The molecule has 0 saturated heterocycles. The van der Waals surface area contributed by atoms with Gasteiger partial charge in [0.1, 0.15) is 6.61 Å². The molecule has 0 aliphatic carbocycles. The van der Waals surface area contributed by atoms with Crippen LogP contribution in [0.3, 0.4) is 0 Å². The van der Waals surface area contributed by atoms with Crippen molar-refractivity contribution in [2.24, 2.45) is 0 Å². The Morgan fingerprint density at radius 3 is 2.15 bits per heavy atom. The van der Waals surface area contributed by atoms with E-state index >= 15 is 0 Å². The summed E-state index contributed by atoms with van der Waals surface area (Å²) in [5.41, 5.74) is 5.19. The topological polar surface area (TPSA) is 109 Å². The number of esters is 1. The fourth-order valence-electron chi connectivity index (χ4n) is 4.81. The zero-order chi connectivity index (χ0) is 29.4. The number of ether oxygens (including phenoxy) is 2. The first-order chi connectivity index (χ1) is 19.1. The van der Waals surface area contributed by atoms with E-state index in [1.807, 2.05) is 25.1 Å². The van der Waals surface area contributed by atoms with Crippen LogP contribution in [0.15, 0.2) is 53.7 Å². The number of nitrogens with one attached hydrogen (secondary N) is 3. The Hall–Kier alpha value is -3.85. The molecular weight excluding hydrogens is 508 g/mol. The molecule has 4 amide bonds. The summed E-state index contributed by atoms with van der Waals surface area (Å²) < 4.78 is 10.4. The summed E-state index contributed by atoms with van der Waals surface area (Å²) in [6.45, 7) is 13.0. The first-order valence-electron chi connectivity index (χ1n) is 13.8. The molecule has 1 unspecified atom stereocenters. The molecule has 1 atom stereocenters. The number of anilines is 2. The number of rotatable bonds is 11. The number of allylic oxidation sites excluding steroid dienone is 1. The highest BCUT2D eigenvalue weighted by atomic mass is 16.6. The van der Waals surface area contributed by atoms with Crippen molar-refractivity contribution in [3.8, 4) is 0 Å². The second-order valence-corrected chi connectivity index (χ2v) is 10.5. The van der Waals surface area contributed by atoms with Crippen LogP contribution in [0, 0.1) is 0 Å². The number of urea groups is 2. The summed E-state index contributed by atoms with van der Waals surface area (Å²) in [5, 5.41) is 8.89. The molecule has 0 bridgehead atoms. The van der Waals surface area contributed by atoms with E-state index in [0.717, 1.165) is 23.2 Å². The van der Waals surface area contributed by atoms with Gasteiger partial charge in [-0.2, -0.15) is 0 Å². The zero-order valence-electron chi connectivity index (χ0n) is 24.6. The van der Waals surface area contributed by atoms with E-state index in [4.69, 9.17) is 9.47 Å². The Bertz CT molecular complexity index is 1210. The monoisotopic (exact) mass is 550 g/mol. The number of benzene rings is 2. The third-order valence-electron chi connectivity index (χ3n) is 6.90. The van der Waals surface area contributed by atoms with Crippen molar-refractivity contribution in [3.05, 3.63) is 70.4 Å². The van der Waals surface area contributed by atoms with Gasteiger partial charge in [0, 0.05) is 30.7 Å². The average Bonchev–Trinajstić information content (AvgIpc) is 2.91. The molecule has 1 aliphatic heterocycles. The second-order valence-electron chi connectivity index (χ2n) is 10.5. The standard InChI is InChI=1S/C31H42N4O5/c1-8-16-35-21(6)26(29(36)40-18-17-39-7)27(34-31(35)38)22-12-14-23(15-13-22)32-30(37)33-28-24(19(2)3)10-9-11-25(28)20(4)5/h9-15,19-20,27H,8,16-18H2,1-7H3,(H,34,38)(H2,32,33,37). The minimum Gasteiger partial charge on any atom is -0.460 e. The van der Waals surface area contributed by atoms with Crippen LogP contribution < -0.4 is 16.0 Å². The Labute approximate surface area is 237 Å². The summed E-state index contributed by atoms with van der Waals surface area (Å²) in [4.78, 5) is 40.5. The van der Waals surface area contributed by atoms with Crippen molar-refractivity contribution in [1.82, 2.24) is 10.2 Å². The van der Waals surface area contributed by atoms with Crippen LogP contribution in [0.5, 0.6) is 0 Å². The van der Waals surface area contributed by atoms with Crippen LogP contribution in [0.4, 0.5) is 21.0 Å². The number of amides is 4. The zero-order valence-corrected chi connectivity index (χ0v) is 24.6. The lowest BCUT2D eigenvalue weighted by Gasteiger charge is -2.35. The third kappa shape index (κ3) is 7.21. The van der Waals surface area contributed by atoms with Crippen molar-refractivity contribution >= 4 is 29.4 Å². The molecule has 1 heterocycles. The Kier molecular flexibility index (Phi) is 10.7. The summed E-state index contributed by atoms with van der Waals surface area (Å²) in [6, 6.07) is 11.9. The van der Waals surface area contributed by atoms with Gasteiger partial charge in [-0.05, 0) is 54.0 Å². The van der Waals surface area contributed by atoms with Gasteiger partial charge < -0.3 is 25.4 Å². The normalized spacial score (nSPS) is 15.4. The van der Waals surface area contributed by atoms with E-state index < -0.39 is 12.0 Å².